The Labute approximate surface area is 82.5 Å². The topological polar surface area (TPSA) is 89.3 Å². The standard InChI is InChI=1S/C10H14N2O2/c11-8(9(13)10(12)14)6-7-4-2-1-3-5-7/h1-5,8-9,13H,6,11H2,(H2,12,14)/t8-,9-/m0/s1. The second-order valence-electron chi connectivity index (χ2n) is 3.20. The van der Waals surface area contributed by atoms with E-state index >= 15 is 0 Å². The summed E-state index contributed by atoms with van der Waals surface area (Å²) in [5, 5.41) is 9.26. The smallest absolute Gasteiger partial charge is 0.247 e. The third kappa shape index (κ3) is 2.83. The van der Waals surface area contributed by atoms with Crippen molar-refractivity contribution in [1.29, 1.82) is 0 Å². The number of nitrogens with two attached hydrogens (primary N) is 2. The average molecular weight is 194 g/mol. The molecule has 1 rings (SSSR count). The molecule has 0 aromatic heterocycles. The van der Waals surface area contributed by atoms with Gasteiger partial charge in [-0.25, -0.2) is 0 Å². The number of aliphatic hydroxyl groups excluding tert-OH is 1. The van der Waals surface area contributed by atoms with Gasteiger partial charge in [-0.05, 0) is 12.0 Å². The summed E-state index contributed by atoms with van der Waals surface area (Å²) in [5.74, 6) is -0.784. The molecule has 2 atom stereocenters. The average Bonchev–Trinajstić information content (AvgIpc) is 2.18. The van der Waals surface area contributed by atoms with Gasteiger partial charge < -0.3 is 16.6 Å². The number of carbonyl (C=O) groups is 1. The molecule has 0 aliphatic carbocycles. The van der Waals surface area contributed by atoms with E-state index in [0.717, 1.165) is 5.56 Å². The molecule has 4 heteroatoms. The Hall–Kier alpha value is -1.39. The van der Waals surface area contributed by atoms with Crippen LogP contribution in [0.15, 0.2) is 30.3 Å². The van der Waals surface area contributed by atoms with Gasteiger partial charge in [0.1, 0.15) is 6.10 Å². The van der Waals surface area contributed by atoms with Crippen molar-refractivity contribution in [1.82, 2.24) is 0 Å². The predicted octanol–water partition coefficient (Wildman–Crippen LogP) is -0.597. The first kappa shape index (κ1) is 10.7. The van der Waals surface area contributed by atoms with Crippen LogP contribution in [0.1, 0.15) is 5.56 Å². The summed E-state index contributed by atoms with van der Waals surface area (Å²) in [4.78, 5) is 10.6. The van der Waals surface area contributed by atoms with Crippen molar-refractivity contribution >= 4 is 5.91 Å². The first-order valence-electron chi connectivity index (χ1n) is 4.38. The fourth-order valence-electron chi connectivity index (χ4n) is 1.21. The third-order valence-corrected chi connectivity index (χ3v) is 2.01. The first-order chi connectivity index (χ1) is 6.61. The van der Waals surface area contributed by atoms with E-state index < -0.39 is 18.1 Å². The molecule has 0 fully saturated rings. The van der Waals surface area contributed by atoms with E-state index in [1.807, 2.05) is 30.3 Å². The second-order valence-corrected chi connectivity index (χ2v) is 3.20. The number of benzene rings is 1. The fraction of sp³-hybridized carbons (Fsp3) is 0.300. The van der Waals surface area contributed by atoms with Crippen molar-refractivity contribution in [2.45, 2.75) is 18.6 Å². The molecule has 76 valence electrons. The van der Waals surface area contributed by atoms with Crippen LogP contribution in [0.4, 0.5) is 0 Å². The summed E-state index contributed by atoms with van der Waals surface area (Å²) >= 11 is 0. The molecular formula is C10H14N2O2. The van der Waals surface area contributed by atoms with Crippen LogP contribution >= 0.6 is 0 Å². The summed E-state index contributed by atoms with van der Waals surface area (Å²) in [5.41, 5.74) is 11.5. The number of hydrogen-bond acceptors (Lipinski definition) is 3. The van der Waals surface area contributed by atoms with Crippen LogP contribution in [0.3, 0.4) is 0 Å². The molecule has 0 radical (unpaired) electrons. The summed E-state index contributed by atoms with van der Waals surface area (Å²) in [7, 11) is 0. The Balaban J connectivity index is 2.57. The lowest BCUT2D eigenvalue weighted by atomic mass is 10.0. The van der Waals surface area contributed by atoms with Gasteiger partial charge in [0.2, 0.25) is 5.91 Å². The third-order valence-electron chi connectivity index (χ3n) is 2.01. The number of amides is 1. The minimum absolute atomic E-state index is 0.435. The van der Waals surface area contributed by atoms with Crippen molar-refractivity contribution in [2.75, 3.05) is 0 Å². The molecule has 0 spiro atoms. The van der Waals surface area contributed by atoms with Crippen LogP contribution in [0.2, 0.25) is 0 Å². The fourth-order valence-corrected chi connectivity index (χ4v) is 1.21. The molecule has 0 saturated carbocycles. The maximum atomic E-state index is 10.6. The summed E-state index contributed by atoms with van der Waals surface area (Å²) in [6.45, 7) is 0. The molecule has 0 heterocycles. The quantitative estimate of drug-likeness (QED) is 0.598. The predicted molar refractivity (Wildman–Crippen MR) is 53.3 cm³/mol. The number of rotatable bonds is 4. The number of carbonyl (C=O) groups excluding carboxylic acids is 1. The van der Waals surface area contributed by atoms with Crippen LogP contribution in [-0.4, -0.2) is 23.2 Å². The van der Waals surface area contributed by atoms with Crippen molar-refractivity contribution in [3.8, 4) is 0 Å². The van der Waals surface area contributed by atoms with E-state index in [2.05, 4.69) is 0 Å². The maximum absolute atomic E-state index is 10.6. The van der Waals surface area contributed by atoms with Gasteiger partial charge in [-0.1, -0.05) is 30.3 Å². The van der Waals surface area contributed by atoms with Crippen LogP contribution in [0, 0.1) is 0 Å². The molecule has 0 aliphatic heterocycles. The highest BCUT2D eigenvalue weighted by molar-refractivity contribution is 5.79. The Kier molecular flexibility index (Phi) is 3.62. The molecule has 0 aliphatic rings. The molecule has 14 heavy (non-hydrogen) atoms. The number of primary amides is 1. The summed E-state index contributed by atoms with van der Waals surface area (Å²) in [6, 6.07) is 8.76. The monoisotopic (exact) mass is 194 g/mol. The van der Waals surface area contributed by atoms with Gasteiger partial charge in [-0.3, -0.25) is 4.79 Å². The molecule has 1 aromatic rings. The van der Waals surface area contributed by atoms with E-state index in [1.54, 1.807) is 0 Å². The zero-order valence-corrected chi connectivity index (χ0v) is 7.76. The van der Waals surface area contributed by atoms with Crippen molar-refractivity contribution < 1.29 is 9.90 Å². The summed E-state index contributed by atoms with van der Waals surface area (Å²) < 4.78 is 0. The zero-order valence-electron chi connectivity index (χ0n) is 7.76. The van der Waals surface area contributed by atoms with Crippen molar-refractivity contribution in [3.05, 3.63) is 35.9 Å². The lowest BCUT2D eigenvalue weighted by Crippen LogP contribution is -2.45. The van der Waals surface area contributed by atoms with E-state index in [-0.39, 0.29) is 0 Å². The number of hydrogen-bond donors (Lipinski definition) is 3. The van der Waals surface area contributed by atoms with E-state index in [4.69, 9.17) is 11.5 Å². The van der Waals surface area contributed by atoms with Gasteiger partial charge >= 0.3 is 0 Å². The highest BCUT2D eigenvalue weighted by atomic mass is 16.3. The van der Waals surface area contributed by atoms with Gasteiger partial charge in [0.25, 0.3) is 0 Å². The molecule has 0 bridgehead atoms. The van der Waals surface area contributed by atoms with Gasteiger partial charge in [-0.15, -0.1) is 0 Å². The molecule has 1 amide bonds. The number of aliphatic hydroxyl groups is 1. The minimum atomic E-state index is -1.28. The zero-order chi connectivity index (χ0) is 10.6. The normalized spacial score (nSPS) is 14.7. The Morgan fingerprint density at radius 1 is 1.36 bits per heavy atom. The van der Waals surface area contributed by atoms with E-state index in [1.165, 1.54) is 0 Å². The Bertz CT molecular complexity index is 300. The van der Waals surface area contributed by atoms with Crippen molar-refractivity contribution in [2.24, 2.45) is 11.5 Å². The van der Waals surface area contributed by atoms with Gasteiger partial charge in [0.15, 0.2) is 0 Å². The Morgan fingerprint density at radius 2 is 1.93 bits per heavy atom. The molecule has 0 saturated heterocycles. The van der Waals surface area contributed by atoms with E-state index in [0.29, 0.717) is 6.42 Å². The highest BCUT2D eigenvalue weighted by Gasteiger charge is 2.20. The van der Waals surface area contributed by atoms with Gasteiger partial charge in [0.05, 0.1) is 0 Å². The second kappa shape index (κ2) is 4.74. The van der Waals surface area contributed by atoms with Crippen LogP contribution in [0.25, 0.3) is 0 Å². The molecule has 4 nitrogen and oxygen atoms in total. The lowest BCUT2D eigenvalue weighted by molar-refractivity contribution is -0.126. The molecule has 0 unspecified atom stereocenters. The Morgan fingerprint density at radius 3 is 2.43 bits per heavy atom. The lowest BCUT2D eigenvalue weighted by Gasteiger charge is -2.15. The molecule has 5 N–H and O–H groups in total. The van der Waals surface area contributed by atoms with Gasteiger partial charge in [0, 0.05) is 6.04 Å². The van der Waals surface area contributed by atoms with Crippen LogP contribution in [-0.2, 0) is 11.2 Å². The minimum Gasteiger partial charge on any atom is -0.382 e. The highest BCUT2D eigenvalue weighted by Crippen LogP contribution is 2.04. The SMILES string of the molecule is NC(=O)[C@@H](O)[C@@H](N)Cc1ccccc1. The maximum Gasteiger partial charge on any atom is 0.247 e. The largest absolute Gasteiger partial charge is 0.382 e. The van der Waals surface area contributed by atoms with E-state index in [9.17, 15) is 9.90 Å². The van der Waals surface area contributed by atoms with Crippen LogP contribution < -0.4 is 11.5 Å². The molecule has 1 aromatic carbocycles. The molecular weight excluding hydrogens is 180 g/mol. The first-order valence-corrected chi connectivity index (χ1v) is 4.38. The van der Waals surface area contributed by atoms with Gasteiger partial charge in [-0.2, -0.15) is 0 Å². The summed E-state index contributed by atoms with van der Waals surface area (Å²) in [6.07, 6.45) is -0.847. The van der Waals surface area contributed by atoms with Crippen molar-refractivity contribution in [3.63, 3.8) is 0 Å². The van der Waals surface area contributed by atoms with Crippen LogP contribution in [0.5, 0.6) is 0 Å².